The molecule has 1 fully saturated rings. The molecule has 0 aliphatic heterocycles. The first kappa shape index (κ1) is 13.6. The van der Waals surface area contributed by atoms with Crippen LogP contribution in [0.2, 0.25) is 0 Å². The lowest BCUT2D eigenvalue weighted by atomic mass is 9.78. The second-order valence-corrected chi connectivity index (χ2v) is 5.19. The number of benzene rings is 1. The molecule has 0 unspecified atom stereocenters. The largest absolute Gasteiger partial charge is 0.481 e. The molecule has 0 heterocycles. The van der Waals surface area contributed by atoms with Crippen LogP contribution in [0.15, 0.2) is 24.3 Å². The van der Waals surface area contributed by atoms with Crippen molar-refractivity contribution in [3.63, 3.8) is 0 Å². The lowest BCUT2D eigenvalue weighted by molar-refractivity contribution is -0.147. The Hall–Kier alpha value is -1.84. The number of carbonyl (C=O) groups excluding carboxylic acids is 1. The number of carboxylic acid groups (broad SMARTS) is 1. The van der Waals surface area contributed by atoms with Gasteiger partial charge in [-0.2, -0.15) is 0 Å². The van der Waals surface area contributed by atoms with E-state index in [4.69, 9.17) is 0 Å². The number of aliphatic carboxylic acids is 1. The van der Waals surface area contributed by atoms with Gasteiger partial charge in [-0.05, 0) is 31.9 Å². The highest BCUT2D eigenvalue weighted by molar-refractivity contribution is 5.95. The van der Waals surface area contributed by atoms with Gasteiger partial charge in [0, 0.05) is 5.69 Å². The third-order valence-electron chi connectivity index (χ3n) is 3.74. The quantitative estimate of drug-likeness (QED) is 0.879. The van der Waals surface area contributed by atoms with Crippen LogP contribution < -0.4 is 5.32 Å². The number of nitrogens with one attached hydrogen (secondary N) is 1. The van der Waals surface area contributed by atoms with E-state index in [0.717, 1.165) is 24.1 Å². The summed E-state index contributed by atoms with van der Waals surface area (Å²) in [7, 11) is 0. The summed E-state index contributed by atoms with van der Waals surface area (Å²) in [6.45, 7) is 1.98. The Morgan fingerprint density at radius 2 is 1.68 bits per heavy atom. The standard InChI is InChI=1S/C15H19NO3/c1-10-6-8-11(9-7-10)16-14(17)12-4-2-3-5-13(12)15(18)19/h6-9,12-13H,2-5H2,1H3,(H,16,17)(H,18,19)/t12-,13+/m0/s1. The number of hydrogen-bond donors (Lipinski definition) is 2. The summed E-state index contributed by atoms with van der Waals surface area (Å²) in [4.78, 5) is 23.4. The Morgan fingerprint density at radius 1 is 1.11 bits per heavy atom. The zero-order valence-corrected chi connectivity index (χ0v) is 11.1. The number of carboxylic acids is 1. The molecule has 19 heavy (non-hydrogen) atoms. The molecule has 1 saturated carbocycles. The van der Waals surface area contributed by atoms with E-state index in [1.165, 1.54) is 0 Å². The van der Waals surface area contributed by atoms with E-state index in [1.807, 2.05) is 31.2 Å². The molecule has 4 heteroatoms. The first-order chi connectivity index (χ1) is 9.08. The maximum Gasteiger partial charge on any atom is 0.307 e. The fraction of sp³-hybridized carbons (Fsp3) is 0.467. The average molecular weight is 261 g/mol. The van der Waals surface area contributed by atoms with Crippen molar-refractivity contribution in [1.82, 2.24) is 0 Å². The van der Waals surface area contributed by atoms with Gasteiger partial charge in [-0.1, -0.05) is 30.5 Å². The van der Waals surface area contributed by atoms with Gasteiger partial charge in [0.25, 0.3) is 0 Å². The molecule has 1 amide bonds. The third-order valence-corrected chi connectivity index (χ3v) is 3.74. The maximum absolute atomic E-state index is 12.2. The van der Waals surface area contributed by atoms with Crippen molar-refractivity contribution in [3.05, 3.63) is 29.8 Å². The molecule has 0 bridgehead atoms. The number of hydrogen-bond acceptors (Lipinski definition) is 2. The molecule has 0 spiro atoms. The van der Waals surface area contributed by atoms with Crippen molar-refractivity contribution < 1.29 is 14.7 Å². The van der Waals surface area contributed by atoms with Crippen LogP contribution in [-0.2, 0) is 9.59 Å². The molecule has 0 saturated heterocycles. The van der Waals surface area contributed by atoms with Crippen LogP contribution in [-0.4, -0.2) is 17.0 Å². The number of rotatable bonds is 3. The Morgan fingerprint density at radius 3 is 2.26 bits per heavy atom. The van der Waals surface area contributed by atoms with E-state index < -0.39 is 17.8 Å². The van der Waals surface area contributed by atoms with Crippen molar-refractivity contribution in [2.45, 2.75) is 32.6 Å². The Bertz CT molecular complexity index is 467. The van der Waals surface area contributed by atoms with E-state index in [1.54, 1.807) is 0 Å². The van der Waals surface area contributed by atoms with Gasteiger partial charge in [-0.15, -0.1) is 0 Å². The first-order valence-corrected chi connectivity index (χ1v) is 6.68. The minimum absolute atomic E-state index is 0.170. The Labute approximate surface area is 112 Å². The van der Waals surface area contributed by atoms with E-state index in [2.05, 4.69) is 5.32 Å². The van der Waals surface area contributed by atoms with E-state index in [9.17, 15) is 14.7 Å². The highest BCUT2D eigenvalue weighted by atomic mass is 16.4. The van der Waals surface area contributed by atoms with Crippen molar-refractivity contribution in [3.8, 4) is 0 Å². The molecule has 2 N–H and O–H groups in total. The molecule has 1 aromatic carbocycles. The smallest absolute Gasteiger partial charge is 0.307 e. The molecule has 2 atom stereocenters. The summed E-state index contributed by atoms with van der Waals surface area (Å²) in [5, 5.41) is 12.0. The van der Waals surface area contributed by atoms with E-state index >= 15 is 0 Å². The number of anilines is 1. The molecular formula is C15H19NO3. The molecule has 0 radical (unpaired) electrons. The van der Waals surface area contributed by atoms with Crippen LogP contribution in [0, 0.1) is 18.8 Å². The minimum atomic E-state index is -0.858. The van der Waals surface area contributed by atoms with Gasteiger partial charge in [-0.25, -0.2) is 0 Å². The fourth-order valence-electron chi connectivity index (χ4n) is 2.61. The number of carbonyl (C=O) groups is 2. The van der Waals surface area contributed by atoms with Crippen molar-refractivity contribution in [2.24, 2.45) is 11.8 Å². The normalized spacial score (nSPS) is 22.8. The van der Waals surface area contributed by atoms with Gasteiger partial charge >= 0.3 is 5.97 Å². The van der Waals surface area contributed by atoms with Crippen LogP contribution in [0.3, 0.4) is 0 Å². The second-order valence-electron chi connectivity index (χ2n) is 5.19. The van der Waals surface area contributed by atoms with Gasteiger partial charge in [0.05, 0.1) is 11.8 Å². The summed E-state index contributed by atoms with van der Waals surface area (Å²) in [6, 6.07) is 7.52. The summed E-state index contributed by atoms with van der Waals surface area (Å²) in [5.74, 6) is -1.98. The highest BCUT2D eigenvalue weighted by Gasteiger charge is 2.35. The van der Waals surface area contributed by atoms with Crippen LogP contribution in [0.5, 0.6) is 0 Å². The number of amides is 1. The van der Waals surface area contributed by atoms with Crippen molar-refractivity contribution in [1.29, 1.82) is 0 Å². The lowest BCUT2D eigenvalue weighted by Gasteiger charge is -2.27. The molecule has 1 aromatic rings. The van der Waals surface area contributed by atoms with Crippen molar-refractivity contribution >= 4 is 17.6 Å². The Balaban J connectivity index is 2.05. The second kappa shape index (κ2) is 5.87. The van der Waals surface area contributed by atoms with E-state index in [-0.39, 0.29) is 5.91 Å². The molecule has 102 valence electrons. The third kappa shape index (κ3) is 3.34. The zero-order chi connectivity index (χ0) is 13.8. The van der Waals surface area contributed by atoms with Gasteiger partial charge in [-0.3, -0.25) is 9.59 Å². The molecule has 0 aromatic heterocycles. The van der Waals surface area contributed by atoms with Gasteiger partial charge in [0.1, 0.15) is 0 Å². The molecule has 4 nitrogen and oxygen atoms in total. The Kier molecular flexibility index (Phi) is 4.20. The summed E-state index contributed by atoms with van der Waals surface area (Å²) in [6.07, 6.45) is 3.08. The minimum Gasteiger partial charge on any atom is -0.481 e. The average Bonchev–Trinajstić information content (AvgIpc) is 2.41. The molecule has 2 rings (SSSR count). The summed E-state index contributed by atoms with van der Waals surface area (Å²) in [5.41, 5.74) is 1.85. The van der Waals surface area contributed by atoms with Crippen LogP contribution in [0.25, 0.3) is 0 Å². The molecular weight excluding hydrogens is 242 g/mol. The lowest BCUT2D eigenvalue weighted by Crippen LogP contribution is -2.36. The van der Waals surface area contributed by atoms with Gasteiger partial charge in [0.15, 0.2) is 0 Å². The summed E-state index contributed by atoms with van der Waals surface area (Å²) < 4.78 is 0. The van der Waals surface area contributed by atoms with Gasteiger partial charge < -0.3 is 10.4 Å². The topological polar surface area (TPSA) is 66.4 Å². The monoisotopic (exact) mass is 261 g/mol. The molecule has 1 aliphatic carbocycles. The van der Waals surface area contributed by atoms with Crippen LogP contribution in [0.1, 0.15) is 31.2 Å². The predicted octanol–water partition coefficient (Wildman–Crippen LogP) is 2.82. The fourth-order valence-corrected chi connectivity index (χ4v) is 2.61. The van der Waals surface area contributed by atoms with E-state index in [0.29, 0.717) is 12.8 Å². The SMILES string of the molecule is Cc1ccc(NC(=O)[C@H]2CCCC[C@H]2C(=O)O)cc1. The first-order valence-electron chi connectivity index (χ1n) is 6.68. The zero-order valence-electron chi connectivity index (χ0n) is 11.1. The van der Waals surface area contributed by atoms with Crippen LogP contribution in [0.4, 0.5) is 5.69 Å². The van der Waals surface area contributed by atoms with Crippen molar-refractivity contribution in [2.75, 3.05) is 5.32 Å². The molecule has 1 aliphatic rings. The highest BCUT2D eigenvalue weighted by Crippen LogP contribution is 2.31. The summed E-state index contributed by atoms with van der Waals surface area (Å²) >= 11 is 0. The number of aryl methyl sites for hydroxylation is 1. The van der Waals surface area contributed by atoms with Crippen LogP contribution >= 0.6 is 0 Å². The maximum atomic E-state index is 12.2. The van der Waals surface area contributed by atoms with Gasteiger partial charge in [0.2, 0.25) is 5.91 Å². The predicted molar refractivity (Wildman–Crippen MR) is 72.9 cm³/mol.